The van der Waals surface area contributed by atoms with Crippen molar-refractivity contribution in [3.63, 3.8) is 0 Å². The number of rotatable bonds is 5. The van der Waals surface area contributed by atoms with Gasteiger partial charge in [0.15, 0.2) is 16.7 Å². The van der Waals surface area contributed by atoms with Crippen molar-refractivity contribution in [2.24, 2.45) is 7.05 Å². The van der Waals surface area contributed by atoms with Gasteiger partial charge in [-0.1, -0.05) is 23.4 Å². The maximum Gasteiger partial charge on any atom is 0.237 e. The summed E-state index contributed by atoms with van der Waals surface area (Å²) in [4.78, 5) is 12.3. The molecule has 6 nitrogen and oxygen atoms in total. The summed E-state index contributed by atoms with van der Waals surface area (Å²) in [6.07, 6.45) is 1.55. The van der Waals surface area contributed by atoms with E-state index in [4.69, 9.17) is 16.0 Å². The Hall–Kier alpha value is -2.32. The molecule has 0 aliphatic heterocycles. The summed E-state index contributed by atoms with van der Waals surface area (Å²) < 4.78 is 20.1. The molecule has 0 saturated heterocycles. The van der Waals surface area contributed by atoms with Gasteiger partial charge in [-0.3, -0.25) is 4.79 Å². The van der Waals surface area contributed by atoms with Crippen LogP contribution in [0.4, 0.5) is 10.1 Å². The summed E-state index contributed by atoms with van der Waals surface area (Å²) >= 11 is 7.17. The average Bonchev–Trinajstić information content (AvgIpc) is 3.20. The lowest BCUT2D eigenvalue weighted by Crippen LogP contribution is -2.23. The average molecular weight is 381 g/mol. The Balaban J connectivity index is 1.69. The predicted molar refractivity (Wildman–Crippen MR) is 94.1 cm³/mol. The zero-order chi connectivity index (χ0) is 18.0. The van der Waals surface area contributed by atoms with Crippen molar-refractivity contribution in [1.82, 2.24) is 14.8 Å². The van der Waals surface area contributed by atoms with Crippen molar-refractivity contribution in [2.45, 2.75) is 17.3 Å². The molecule has 0 unspecified atom stereocenters. The van der Waals surface area contributed by atoms with E-state index in [0.29, 0.717) is 22.4 Å². The SMILES string of the molecule is C[C@H](Sc1nnc(-c2ccco2)n1C)C(=O)Nc1ccc(F)cc1Cl. The second-order valence-corrected chi connectivity index (χ2v) is 6.93. The topological polar surface area (TPSA) is 73.0 Å². The van der Waals surface area contributed by atoms with Crippen LogP contribution in [0.1, 0.15) is 6.92 Å². The second-order valence-electron chi connectivity index (χ2n) is 5.22. The molecule has 3 rings (SSSR count). The van der Waals surface area contributed by atoms with Gasteiger partial charge in [0.25, 0.3) is 0 Å². The van der Waals surface area contributed by atoms with Gasteiger partial charge in [-0.05, 0) is 37.3 Å². The van der Waals surface area contributed by atoms with Crippen LogP contribution in [0.2, 0.25) is 5.02 Å². The van der Waals surface area contributed by atoms with Gasteiger partial charge in [-0.15, -0.1) is 10.2 Å². The molecule has 0 spiro atoms. The van der Waals surface area contributed by atoms with Gasteiger partial charge in [-0.25, -0.2) is 4.39 Å². The maximum atomic E-state index is 13.1. The van der Waals surface area contributed by atoms with E-state index >= 15 is 0 Å². The Morgan fingerprint density at radius 2 is 2.20 bits per heavy atom. The summed E-state index contributed by atoms with van der Waals surface area (Å²) in [6.45, 7) is 1.73. The molecular formula is C16H14ClFN4O2S. The van der Waals surface area contributed by atoms with Gasteiger partial charge < -0.3 is 14.3 Å². The molecule has 0 bridgehead atoms. The predicted octanol–water partition coefficient (Wildman–Crippen LogP) is 3.99. The third kappa shape index (κ3) is 3.85. The van der Waals surface area contributed by atoms with E-state index in [1.54, 1.807) is 36.9 Å². The van der Waals surface area contributed by atoms with Crippen LogP contribution >= 0.6 is 23.4 Å². The molecular weight excluding hydrogens is 367 g/mol. The van der Waals surface area contributed by atoms with Crippen molar-refractivity contribution in [3.05, 3.63) is 47.4 Å². The van der Waals surface area contributed by atoms with Crippen molar-refractivity contribution in [1.29, 1.82) is 0 Å². The number of hydrogen-bond donors (Lipinski definition) is 1. The molecule has 2 aromatic heterocycles. The zero-order valence-corrected chi connectivity index (χ0v) is 14.9. The lowest BCUT2D eigenvalue weighted by Gasteiger charge is -2.12. The number of carbonyl (C=O) groups is 1. The number of nitrogens with zero attached hydrogens (tertiary/aromatic N) is 3. The van der Waals surface area contributed by atoms with Crippen molar-refractivity contribution in [2.75, 3.05) is 5.32 Å². The summed E-state index contributed by atoms with van der Waals surface area (Å²) in [5.74, 6) is 0.426. The molecule has 0 aliphatic rings. The van der Waals surface area contributed by atoms with Gasteiger partial charge in [0.05, 0.1) is 22.2 Å². The Kier molecular flexibility index (Phi) is 5.10. The fraction of sp³-hybridized carbons (Fsp3) is 0.188. The number of carbonyl (C=O) groups excluding carboxylic acids is 1. The standard InChI is InChI=1S/C16H14ClFN4O2S/c1-9(15(23)19-12-6-5-10(18)8-11(12)17)25-16-21-20-14(22(16)2)13-4-3-7-24-13/h3-9H,1-2H3,(H,19,23)/t9-/m0/s1. The van der Waals surface area contributed by atoms with Crippen molar-refractivity contribution < 1.29 is 13.6 Å². The van der Waals surface area contributed by atoms with Crippen molar-refractivity contribution >= 4 is 35.0 Å². The molecule has 0 aliphatic carbocycles. The maximum absolute atomic E-state index is 13.1. The number of thioether (sulfide) groups is 1. The highest BCUT2D eigenvalue weighted by molar-refractivity contribution is 8.00. The van der Waals surface area contributed by atoms with Crippen LogP contribution in [0, 0.1) is 5.82 Å². The van der Waals surface area contributed by atoms with Gasteiger partial charge >= 0.3 is 0 Å². The number of amides is 1. The highest BCUT2D eigenvalue weighted by atomic mass is 35.5. The fourth-order valence-corrected chi connectivity index (χ4v) is 3.10. The molecule has 1 aromatic carbocycles. The monoisotopic (exact) mass is 380 g/mol. The lowest BCUT2D eigenvalue weighted by atomic mass is 10.3. The third-order valence-corrected chi connectivity index (χ3v) is 4.86. The highest BCUT2D eigenvalue weighted by Gasteiger charge is 2.20. The smallest absolute Gasteiger partial charge is 0.237 e. The summed E-state index contributed by atoms with van der Waals surface area (Å²) in [7, 11) is 1.79. The quantitative estimate of drug-likeness (QED) is 0.677. The zero-order valence-electron chi connectivity index (χ0n) is 13.4. The van der Waals surface area contributed by atoms with E-state index < -0.39 is 11.1 Å². The molecule has 130 valence electrons. The molecule has 25 heavy (non-hydrogen) atoms. The first kappa shape index (κ1) is 17.5. The number of aromatic nitrogens is 3. The van der Waals surface area contributed by atoms with E-state index in [9.17, 15) is 9.18 Å². The molecule has 1 N–H and O–H groups in total. The number of hydrogen-bond acceptors (Lipinski definition) is 5. The molecule has 0 saturated carbocycles. The first-order chi connectivity index (χ1) is 12.0. The summed E-state index contributed by atoms with van der Waals surface area (Å²) in [5, 5.41) is 11.1. The first-order valence-corrected chi connectivity index (χ1v) is 8.57. The van der Waals surface area contributed by atoms with E-state index in [2.05, 4.69) is 15.5 Å². The lowest BCUT2D eigenvalue weighted by molar-refractivity contribution is -0.115. The number of halogens is 2. The van der Waals surface area contributed by atoms with Crippen LogP contribution in [-0.4, -0.2) is 25.9 Å². The fourth-order valence-electron chi connectivity index (χ4n) is 2.07. The van der Waals surface area contributed by atoms with Crippen LogP contribution < -0.4 is 5.32 Å². The molecule has 0 fully saturated rings. The summed E-state index contributed by atoms with van der Waals surface area (Å²) in [5.41, 5.74) is 0.356. The van der Waals surface area contributed by atoms with Crippen LogP contribution in [0.3, 0.4) is 0 Å². The van der Waals surface area contributed by atoms with E-state index in [1.807, 2.05) is 0 Å². The van der Waals surface area contributed by atoms with E-state index in [0.717, 1.165) is 6.07 Å². The number of anilines is 1. The normalized spacial score (nSPS) is 12.2. The van der Waals surface area contributed by atoms with Crippen LogP contribution in [0.5, 0.6) is 0 Å². The Labute approximate surface area is 152 Å². The molecule has 1 atom stereocenters. The number of nitrogens with one attached hydrogen (secondary N) is 1. The molecule has 0 radical (unpaired) electrons. The Morgan fingerprint density at radius 1 is 1.40 bits per heavy atom. The minimum atomic E-state index is -0.464. The highest BCUT2D eigenvalue weighted by Crippen LogP contribution is 2.28. The second kappa shape index (κ2) is 7.28. The molecule has 3 aromatic rings. The van der Waals surface area contributed by atoms with E-state index in [1.165, 1.54) is 23.9 Å². The van der Waals surface area contributed by atoms with Gasteiger partial charge in [0, 0.05) is 7.05 Å². The third-order valence-electron chi connectivity index (χ3n) is 3.42. The first-order valence-electron chi connectivity index (χ1n) is 7.31. The minimum Gasteiger partial charge on any atom is -0.461 e. The van der Waals surface area contributed by atoms with Crippen molar-refractivity contribution in [3.8, 4) is 11.6 Å². The molecule has 9 heteroatoms. The van der Waals surface area contributed by atoms with Crippen LogP contribution in [0.15, 0.2) is 46.2 Å². The van der Waals surface area contributed by atoms with Gasteiger partial charge in [0.2, 0.25) is 5.91 Å². The molecule has 2 heterocycles. The van der Waals surface area contributed by atoms with E-state index in [-0.39, 0.29) is 10.9 Å². The number of furan rings is 1. The minimum absolute atomic E-state index is 0.143. The van der Waals surface area contributed by atoms with Gasteiger partial charge in [0.1, 0.15) is 5.82 Å². The Bertz CT molecular complexity index is 898. The van der Waals surface area contributed by atoms with Crippen LogP contribution in [0.25, 0.3) is 11.6 Å². The number of benzene rings is 1. The molecule has 1 amide bonds. The van der Waals surface area contributed by atoms with Gasteiger partial charge in [-0.2, -0.15) is 0 Å². The summed E-state index contributed by atoms with van der Waals surface area (Å²) in [6, 6.07) is 7.35. The van der Waals surface area contributed by atoms with Crippen LogP contribution in [-0.2, 0) is 11.8 Å². The Morgan fingerprint density at radius 3 is 2.88 bits per heavy atom. The largest absolute Gasteiger partial charge is 0.461 e.